The van der Waals surface area contributed by atoms with E-state index >= 15 is 0 Å². The zero-order valence-electron chi connectivity index (χ0n) is 10.0. The Kier molecular flexibility index (Phi) is 4.45. The van der Waals surface area contributed by atoms with Crippen LogP contribution in [0, 0.1) is 6.92 Å². The third kappa shape index (κ3) is 3.17. The SMILES string of the molecule is CC/C=C(/C)C(=O)Nc1c(C)csc1C(=O)O. The van der Waals surface area contributed by atoms with E-state index in [1.807, 2.05) is 6.92 Å². The van der Waals surface area contributed by atoms with Crippen LogP contribution in [0.5, 0.6) is 0 Å². The molecule has 4 nitrogen and oxygen atoms in total. The summed E-state index contributed by atoms with van der Waals surface area (Å²) in [5.74, 6) is -1.27. The molecule has 0 saturated carbocycles. The highest BCUT2D eigenvalue weighted by molar-refractivity contribution is 7.12. The molecule has 1 heterocycles. The number of allylic oxidation sites excluding steroid dienone is 1. The Morgan fingerprint density at radius 3 is 2.71 bits per heavy atom. The lowest BCUT2D eigenvalue weighted by molar-refractivity contribution is -0.112. The van der Waals surface area contributed by atoms with Gasteiger partial charge in [-0.05, 0) is 31.2 Å². The van der Waals surface area contributed by atoms with Crippen LogP contribution >= 0.6 is 11.3 Å². The average molecular weight is 253 g/mol. The average Bonchev–Trinajstić information content (AvgIpc) is 2.61. The van der Waals surface area contributed by atoms with E-state index in [1.54, 1.807) is 25.3 Å². The Morgan fingerprint density at radius 1 is 1.53 bits per heavy atom. The number of hydrogen-bond acceptors (Lipinski definition) is 3. The predicted molar refractivity (Wildman–Crippen MR) is 68.7 cm³/mol. The lowest BCUT2D eigenvalue weighted by atomic mass is 10.2. The van der Waals surface area contributed by atoms with E-state index in [4.69, 9.17) is 5.11 Å². The number of thiophene rings is 1. The molecule has 5 heteroatoms. The highest BCUT2D eigenvalue weighted by Gasteiger charge is 2.17. The molecular weight excluding hydrogens is 238 g/mol. The van der Waals surface area contributed by atoms with Gasteiger partial charge in [0.25, 0.3) is 5.91 Å². The van der Waals surface area contributed by atoms with Crippen molar-refractivity contribution in [2.45, 2.75) is 27.2 Å². The van der Waals surface area contributed by atoms with Gasteiger partial charge in [0, 0.05) is 5.57 Å². The molecule has 0 radical (unpaired) electrons. The Bertz CT molecular complexity index is 474. The number of hydrogen-bond donors (Lipinski definition) is 2. The maximum absolute atomic E-state index is 11.8. The van der Waals surface area contributed by atoms with Crippen molar-refractivity contribution >= 4 is 28.9 Å². The summed E-state index contributed by atoms with van der Waals surface area (Å²) in [5, 5.41) is 13.3. The van der Waals surface area contributed by atoms with Crippen molar-refractivity contribution in [3.8, 4) is 0 Å². The van der Waals surface area contributed by atoms with Crippen molar-refractivity contribution in [1.82, 2.24) is 0 Å². The fourth-order valence-electron chi connectivity index (χ4n) is 1.37. The summed E-state index contributed by atoms with van der Waals surface area (Å²) >= 11 is 1.12. The molecule has 92 valence electrons. The zero-order valence-corrected chi connectivity index (χ0v) is 10.9. The molecule has 0 unspecified atom stereocenters. The summed E-state index contributed by atoms with van der Waals surface area (Å²) in [7, 11) is 0. The van der Waals surface area contributed by atoms with Gasteiger partial charge in [0.1, 0.15) is 4.88 Å². The molecule has 0 saturated heterocycles. The number of carboxylic acid groups (broad SMARTS) is 1. The number of nitrogens with one attached hydrogen (secondary N) is 1. The third-order valence-corrected chi connectivity index (χ3v) is 3.36. The molecule has 1 amide bonds. The van der Waals surface area contributed by atoms with Gasteiger partial charge in [-0.1, -0.05) is 13.0 Å². The van der Waals surface area contributed by atoms with Gasteiger partial charge >= 0.3 is 5.97 Å². The molecule has 0 bridgehead atoms. The van der Waals surface area contributed by atoms with Crippen LogP contribution < -0.4 is 5.32 Å². The molecule has 0 aliphatic heterocycles. The van der Waals surface area contributed by atoms with Gasteiger partial charge < -0.3 is 10.4 Å². The lowest BCUT2D eigenvalue weighted by Gasteiger charge is -2.06. The summed E-state index contributed by atoms with van der Waals surface area (Å²) in [6.45, 7) is 5.42. The third-order valence-electron chi connectivity index (χ3n) is 2.28. The molecule has 1 rings (SSSR count). The Hall–Kier alpha value is -1.62. The van der Waals surface area contributed by atoms with Crippen LogP contribution in [0.3, 0.4) is 0 Å². The van der Waals surface area contributed by atoms with Crippen LogP contribution in [0.2, 0.25) is 0 Å². The van der Waals surface area contributed by atoms with E-state index in [2.05, 4.69) is 5.32 Å². The first-order valence-corrected chi connectivity index (χ1v) is 6.14. The van der Waals surface area contributed by atoms with Crippen molar-refractivity contribution in [2.75, 3.05) is 5.32 Å². The Labute approximate surface area is 104 Å². The topological polar surface area (TPSA) is 66.4 Å². The first-order chi connectivity index (χ1) is 7.97. The van der Waals surface area contributed by atoms with Crippen LogP contribution in [0.1, 0.15) is 35.5 Å². The second-order valence-electron chi connectivity index (χ2n) is 3.68. The summed E-state index contributed by atoms with van der Waals surface area (Å²) < 4.78 is 0. The van der Waals surface area contributed by atoms with Gasteiger partial charge in [0.05, 0.1) is 5.69 Å². The van der Waals surface area contributed by atoms with Crippen LogP contribution in [-0.2, 0) is 4.79 Å². The molecule has 0 aliphatic rings. The monoisotopic (exact) mass is 253 g/mol. The van der Waals surface area contributed by atoms with Gasteiger partial charge in [-0.25, -0.2) is 4.79 Å². The molecule has 1 aromatic rings. The molecule has 0 atom stereocenters. The van der Waals surface area contributed by atoms with Crippen molar-refractivity contribution in [3.05, 3.63) is 27.5 Å². The number of carbonyl (C=O) groups excluding carboxylic acids is 1. The zero-order chi connectivity index (χ0) is 13.0. The minimum Gasteiger partial charge on any atom is -0.477 e. The highest BCUT2D eigenvalue weighted by atomic mass is 32.1. The summed E-state index contributed by atoms with van der Waals surface area (Å²) in [5.41, 5.74) is 1.76. The Morgan fingerprint density at radius 2 is 2.18 bits per heavy atom. The summed E-state index contributed by atoms with van der Waals surface area (Å²) in [4.78, 5) is 22.9. The lowest BCUT2D eigenvalue weighted by Crippen LogP contribution is -2.14. The van der Waals surface area contributed by atoms with Crippen molar-refractivity contribution in [1.29, 1.82) is 0 Å². The molecule has 2 N–H and O–H groups in total. The van der Waals surface area contributed by atoms with Crippen LogP contribution in [-0.4, -0.2) is 17.0 Å². The molecule has 17 heavy (non-hydrogen) atoms. The second-order valence-corrected chi connectivity index (χ2v) is 4.56. The highest BCUT2D eigenvalue weighted by Crippen LogP contribution is 2.27. The van der Waals surface area contributed by atoms with E-state index in [0.29, 0.717) is 11.3 Å². The molecule has 1 aromatic heterocycles. The maximum Gasteiger partial charge on any atom is 0.348 e. The summed E-state index contributed by atoms with van der Waals surface area (Å²) in [6.07, 6.45) is 2.57. The van der Waals surface area contributed by atoms with Crippen LogP contribution in [0.15, 0.2) is 17.0 Å². The smallest absolute Gasteiger partial charge is 0.348 e. The van der Waals surface area contributed by atoms with E-state index in [-0.39, 0.29) is 10.8 Å². The number of aromatic carboxylic acids is 1. The van der Waals surface area contributed by atoms with Crippen molar-refractivity contribution in [2.24, 2.45) is 0 Å². The standard InChI is InChI=1S/C12H15NO3S/c1-4-5-7(2)11(14)13-9-8(3)6-17-10(9)12(15)16/h5-6H,4H2,1-3H3,(H,13,14)(H,15,16)/b7-5-. The molecular formula is C12H15NO3S. The van der Waals surface area contributed by atoms with Gasteiger partial charge in [0.2, 0.25) is 0 Å². The van der Waals surface area contributed by atoms with Crippen LogP contribution in [0.4, 0.5) is 5.69 Å². The largest absolute Gasteiger partial charge is 0.477 e. The van der Waals surface area contributed by atoms with Crippen molar-refractivity contribution in [3.63, 3.8) is 0 Å². The molecule has 0 aromatic carbocycles. The maximum atomic E-state index is 11.8. The van der Waals surface area contributed by atoms with E-state index in [9.17, 15) is 9.59 Å². The quantitative estimate of drug-likeness (QED) is 0.810. The van der Waals surface area contributed by atoms with Gasteiger partial charge in [-0.2, -0.15) is 0 Å². The fraction of sp³-hybridized carbons (Fsp3) is 0.333. The molecule has 0 aliphatic carbocycles. The summed E-state index contributed by atoms with van der Waals surface area (Å²) in [6, 6.07) is 0. The van der Waals surface area contributed by atoms with Crippen molar-refractivity contribution < 1.29 is 14.7 Å². The first kappa shape index (κ1) is 13.4. The molecule has 0 spiro atoms. The van der Waals surface area contributed by atoms with E-state index in [1.165, 1.54) is 0 Å². The van der Waals surface area contributed by atoms with Gasteiger partial charge in [-0.15, -0.1) is 11.3 Å². The number of carboxylic acids is 1. The van der Waals surface area contributed by atoms with E-state index in [0.717, 1.165) is 23.3 Å². The minimum atomic E-state index is -1.02. The predicted octanol–water partition coefficient (Wildman–Crippen LogP) is 3.05. The normalized spacial score (nSPS) is 11.4. The van der Waals surface area contributed by atoms with Crippen LogP contribution in [0.25, 0.3) is 0 Å². The minimum absolute atomic E-state index is 0.167. The number of aryl methyl sites for hydroxylation is 1. The second kappa shape index (κ2) is 5.63. The Balaban J connectivity index is 2.96. The van der Waals surface area contributed by atoms with Gasteiger partial charge in [0.15, 0.2) is 0 Å². The fourth-order valence-corrected chi connectivity index (χ4v) is 2.21. The first-order valence-electron chi connectivity index (χ1n) is 5.26. The number of amides is 1. The van der Waals surface area contributed by atoms with Gasteiger partial charge in [-0.3, -0.25) is 4.79 Å². The number of rotatable bonds is 4. The number of carbonyl (C=O) groups is 2. The molecule has 0 fully saturated rings. The van der Waals surface area contributed by atoms with E-state index < -0.39 is 5.97 Å². The number of anilines is 1.